The zero-order valence-corrected chi connectivity index (χ0v) is 16.0. The van der Waals surface area contributed by atoms with Gasteiger partial charge in [-0.05, 0) is 16.7 Å². The number of hydrogen-bond donors (Lipinski definition) is 2. The molecule has 3 aromatic carbocycles. The van der Waals surface area contributed by atoms with E-state index in [0.29, 0.717) is 13.2 Å². The van der Waals surface area contributed by atoms with E-state index in [0.717, 1.165) is 16.7 Å². The number of nitrogens with zero attached hydrogens (tertiary/aromatic N) is 1. The lowest BCUT2D eigenvalue weighted by Gasteiger charge is -2.12. The summed E-state index contributed by atoms with van der Waals surface area (Å²) in [5, 5.41) is 2.60. The lowest BCUT2D eigenvalue weighted by molar-refractivity contribution is 0.0676. The van der Waals surface area contributed by atoms with Crippen LogP contribution in [0.3, 0.4) is 0 Å². The molecule has 0 aromatic heterocycles. The van der Waals surface area contributed by atoms with Crippen molar-refractivity contribution < 1.29 is 14.4 Å². The molecule has 0 heterocycles. The van der Waals surface area contributed by atoms with Crippen molar-refractivity contribution in [2.24, 2.45) is 4.99 Å². The van der Waals surface area contributed by atoms with E-state index < -0.39 is 6.09 Å². The van der Waals surface area contributed by atoms with Crippen LogP contribution in [0.1, 0.15) is 16.7 Å². The van der Waals surface area contributed by atoms with E-state index in [1.165, 1.54) is 0 Å². The number of alkyl carbamates (subject to hydrolysis) is 1. The number of ether oxygens (including phenoxy) is 1. The Kier molecular flexibility index (Phi) is 7.81. The molecule has 0 atom stereocenters. The van der Waals surface area contributed by atoms with E-state index in [4.69, 9.17) is 9.57 Å². The van der Waals surface area contributed by atoms with Gasteiger partial charge in [0.05, 0.1) is 13.2 Å². The number of rotatable bonds is 7. The lowest BCUT2D eigenvalue weighted by Crippen LogP contribution is -2.41. The van der Waals surface area contributed by atoms with Crippen LogP contribution < -0.4 is 10.8 Å². The monoisotopic (exact) mass is 389 g/mol. The lowest BCUT2D eigenvalue weighted by atomic mass is 10.2. The number of hydroxylamine groups is 1. The fourth-order valence-corrected chi connectivity index (χ4v) is 2.47. The zero-order valence-electron chi connectivity index (χ0n) is 16.0. The summed E-state index contributed by atoms with van der Waals surface area (Å²) in [7, 11) is 0. The third kappa shape index (κ3) is 7.48. The van der Waals surface area contributed by atoms with Gasteiger partial charge in [0, 0.05) is 0 Å². The Bertz CT molecular complexity index is 900. The Hall–Kier alpha value is -3.64. The molecule has 2 N–H and O–H groups in total. The zero-order chi connectivity index (χ0) is 20.2. The SMILES string of the molecule is O=C(NC(=NCc1ccccc1)NOCc1ccccc1)OCc1ccccc1. The molecule has 0 saturated heterocycles. The van der Waals surface area contributed by atoms with Crippen molar-refractivity contribution in [1.29, 1.82) is 0 Å². The number of hydrogen-bond acceptors (Lipinski definition) is 4. The van der Waals surface area contributed by atoms with Gasteiger partial charge in [0.2, 0.25) is 5.96 Å². The van der Waals surface area contributed by atoms with Crippen molar-refractivity contribution in [1.82, 2.24) is 10.8 Å². The van der Waals surface area contributed by atoms with Crippen LogP contribution in [0.5, 0.6) is 0 Å². The first-order valence-electron chi connectivity index (χ1n) is 9.27. The predicted octanol–water partition coefficient (Wildman–Crippen LogP) is 4.19. The maximum atomic E-state index is 12.2. The van der Waals surface area contributed by atoms with E-state index in [2.05, 4.69) is 15.8 Å². The largest absolute Gasteiger partial charge is 0.444 e. The van der Waals surface area contributed by atoms with E-state index in [1.54, 1.807) is 0 Å². The molecule has 1 amide bonds. The number of guanidine groups is 1. The second kappa shape index (κ2) is 11.3. The molecule has 148 valence electrons. The van der Waals surface area contributed by atoms with Crippen LogP contribution in [0.4, 0.5) is 4.79 Å². The maximum Gasteiger partial charge on any atom is 0.414 e. The highest BCUT2D eigenvalue weighted by Crippen LogP contribution is 2.03. The van der Waals surface area contributed by atoms with Gasteiger partial charge in [-0.1, -0.05) is 91.0 Å². The highest BCUT2D eigenvalue weighted by atomic mass is 16.6. The molecule has 6 nitrogen and oxygen atoms in total. The maximum absolute atomic E-state index is 12.2. The predicted molar refractivity (Wildman–Crippen MR) is 112 cm³/mol. The highest BCUT2D eigenvalue weighted by molar-refractivity contribution is 5.93. The van der Waals surface area contributed by atoms with Gasteiger partial charge in [-0.25, -0.2) is 15.3 Å². The summed E-state index contributed by atoms with van der Waals surface area (Å²) in [6.45, 7) is 0.881. The van der Waals surface area contributed by atoms with Crippen LogP contribution in [0.25, 0.3) is 0 Å². The van der Waals surface area contributed by atoms with Crippen LogP contribution in [0.2, 0.25) is 0 Å². The van der Waals surface area contributed by atoms with Crippen molar-refractivity contribution in [2.75, 3.05) is 0 Å². The molecule has 0 bridgehead atoms. The van der Waals surface area contributed by atoms with Gasteiger partial charge in [-0.15, -0.1) is 0 Å². The minimum absolute atomic E-state index is 0.170. The normalized spacial score (nSPS) is 11.0. The average molecular weight is 389 g/mol. The summed E-state index contributed by atoms with van der Waals surface area (Å²) in [6.07, 6.45) is -0.614. The minimum atomic E-state index is -0.614. The van der Waals surface area contributed by atoms with E-state index >= 15 is 0 Å². The molecular weight excluding hydrogens is 366 g/mol. The van der Waals surface area contributed by atoms with Gasteiger partial charge in [0.15, 0.2) is 0 Å². The van der Waals surface area contributed by atoms with Crippen molar-refractivity contribution >= 4 is 12.1 Å². The summed E-state index contributed by atoms with van der Waals surface area (Å²) in [5.41, 5.74) is 5.61. The van der Waals surface area contributed by atoms with Crippen molar-refractivity contribution in [3.63, 3.8) is 0 Å². The van der Waals surface area contributed by atoms with Crippen molar-refractivity contribution in [2.45, 2.75) is 19.8 Å². The molecule has 0 aliphatic heterocycles. The van der Waals surface area contributed by atoms with Gasteiger partial charge < -0.3 is 4.74 Å². The number of aliphatic imine (C=N–C) groups is 1. The van der Waals surface area contributed by atoms with Crippen LogP contribution in [0, 0.1) is 0 Å². The highest BCUT2D eigenvalue weighted by Gasteiger charge is 2.08. The number of carbonyl (C=O) groups is 1. The first-order chi connectivity index (χ1) is 14.3. The fourth-order valence-electron chi connectivity index (χ4n) is 2.47. The quantitative estimate of drug-likeness (QED) is 0.361. The smallest absolute Gasteiger partial charge is 0.414 e. The molecule has 0 fully saturated rings. The average Bonchev–Trinajstić information content (AvgIpc) is 2.78. The van der Waals surface area contributed by atoms with E-state index in [9.17, 15) is 4.79 Å². The standard InChI is InChI=1S/C23H23N3O3/c27-23(28-17-20-12-6-2-7-13-20)25-22(24-16-19-10-4-1-5-11-19)26-29-18-21-14-8-3-9-15-21/h1-15H,16-18H2,(H2,24,25,26,27). The molecule has 0 saturated carbocycles. The molecule has 0 aliphatic rings. The second-order valence-corrected chi connectivity index (χ2v) is 6.21. The van der Waals surface area contributed by atoms with Crippen LogP contribution in [0.15, 0.2) is 96.0 Å². The summed E-state index contributed by atoms with van der Waals surface area (Å²) < 4.78 is 5.25. The fraction of sp³-hybridized carbons (Fsp3) is 0.130. The summed E-state index contributed by atoms with van der Waals surface area (Å²) >= 11 is 0. The molecule has 0 spiro atoms. The van der Waals surface area contributed by atoms with Gasteiger partial charge in [-0.3, -0.25) is 10.2 Å². The number of carbonyl (C=O) groups excluding carboxylic acids is 1. The first-order valence-corrected chi connectivity index (χ1v) is 9.27. The Labute approximate surface area is 170 Å². The summed E-state index contributed by atoms with van der Waals surface area (Å²) in [6, 6.07) is 28.9. The van der Waals surface area contributed by atoms with E-state index in [-0.39, 0.29) is 12.6 Å². The summed E-state index contributed by atoms with van der Waals surface area (Å²) in [4.78, 5) is 22.0. The molecule has 0 aliphatic carbocycles. The second-order valence-electron chi connectivity index (χ2n) is 6.21. The van der Waals surface area contributed by atoms with Crippen molar-refractivity contribution in [3.8, 4) is 0 Å². The van der Waals surface area contributed by atoms with Gasteiger partial charge in [-0.2, -0.15) is 0 Å². The van der Waals surface area contributed by atoms with E-state index in [1.807, 2.05) is 91.0 Å². The Morgan fingerprint density at radius 1 is 0.724 bits per heavy atom. The molecular formula is C23H23N3O3. The summed E-state index contributed by atoms with van der Waals surface area (Å²) in [5.74, 6) is 0.183. The molecule has 0 unspecified atom stereocenters. The third-order valence-corrected chi connectivity index (χ3v) is 3.95. The minimum Gasteiger partial charge on any atom is -0.444 e. The topological polar surface area (TPSA) is 72.0 Å². The molecule has 3 aromatic rings. The molecule has 3 rings (SSSR count). The Morgan fingerprint density at radius 3 is 1.83 bits per heavy atom. The molecule has 29 heavy (non-hydrogen) atoms. The van der Waals surface area contributed by atoms with Crippen LogP contribution >= 0.6 is 0 Å². The van der Waals surface area contributed by atoms with Gasteiger partial charge in [0.25, 0.3) is 0 Å². The Morgan fingerprint density at radius 2 is 1.24 bits per heavy atom. The Balaban J connectivity index is 1.56. The molecule has 0 radical (unpaired) electrons. The van der Waals surface area contributed by atoms with Crippen LogP contribution in [-0.4, -0.2) is 12.1 Å². The first kappa shape index (κ1) is 20.1. The number of benzene rings is 3. The third-order valence-electron chi connectivity index (χ3n) is 3.95. The van der Waals surface area contributed by atoms with Crippen molar-refractivity contribution in [3.05, 3.63) is 108 Å². The number of nitrogens with one attached hydrogen (secondary N) is 2. The molecule has 6 heteroatoms. The number of amides is 1. The van der Waals surface area contributed by atoms with Gasteiger partial charge >= 0.3 is 6.09 Å². The van der Waals surface area contributed by atoms with Crippen LogP contribution in [-0.2, 0) is 29.3 Å². The van der Waals surface area contributed by atoms with Gasteiger partial charge in [0.1, 0.15) is 6.61 Å².